The Hall–Kier alpha value is -3.59. The fraction of sp³-hybridized carbons (Fsp3) is 0. The predicted molar refractivity (Wildman–Crippen MR) is 149 cm³/mol. The van der Waals surface area contributed by atoms with Gasteiger partial charge >= 0.3 is 0 Å². The second-order valence-electron chi connectivity index (χ2n) is 8.65. The first-order chi connectivity index (χ1) is 16.8. The zero-order valence-electron chi connectivity index (χ0n) is 18.4. The van der Waals surface area contributed by atoms with Crippen molar-refractivity contribution in [3.8, 4) is 22.3 Å². The van der Waals surface area contributed by atoms with Crippen molar-refractivity contribution >= 4 is 48.8 Å². The molecule has 0 fully saturated rings. The van der Waals surface area contributed by atoms with Crippen LogP contribution in [0.5, 0.6) is 0 Å². The Bertz CT molecular complexity index is 1750. The van der Waals surface area contributed by atoms with E-state index in [4.69, 9.17) is 0 Å². The first kappa shape index (κ1) is 19.8. The van der Waals surface area contributed by atoms with E-state index in [0.29, 0.717) is 0 Å². The molecule has 0 spiro atoms. The van der Waals surface area contributed by atoms with Crippen molar-refractivity contribution in [1.29, 1.82) is 0 Å². The monoisotopic (exact) mass is 468 g/mol. The molecule has 7 rings (SSSR count). The quantitative estimate of drug-likeness (QED) is 0.243. The molecule has 1 aromatic heterocycles. The molecule has 6 aromatic rings. The largest absolute Gasteiger partial charge is 0.135 e. The summed E-state index contributed by atoms with van der Waals surface area (Å²) < 4.78 is 2.69. The third-order valence-corrected chi connectivity index (χ3v) is 9.02. The summed E-state index contributed by atoms with van der Waals surface area (Å²) in [5.41, 5.74) is 8.59. The minimum atomic E-state index is 1.11. The van der Waals surface area contributed by atoms with E-state index in [-0.39, 0.29) is 0 Å². The van der Waals surface area contributed by atoms with Crippen molar-refractivity contribution in [2.24, 2.45) is 0 Å². The Labute approximate surface area is 207 Å². The summed E-state index contributed by atoms with van der Waals surface area (Å²) in [6, 6.07) is 39.7. The minimum Gasteiger partial charge on any atom is -0.135 e. The van der Waals surface area contributed by atoms with E-state index in [0.717, 1.165) is 5.57 Å². The molecule has 0 saturated heterocycles. The molecule has 1 aliphatic rings. The van der Waals surface area contributed by atoms with Crippen LogP contribution in [0.25, 0.3) is 48.0 Å². The van der Waals surface area contributed by atoms with Crippen molar-refractivity contribution < 1.29 is 0 Å². The van der Waals surface area contributed by atoms with E-state index in [1.54, 1.807) is 0 Å². The number of hydrogen-bond acceptors (Lipinski definition) is 2. The topological polar surface area (TPSA) is 0 Å². The normalized spacial score (nSPS) is 12.6. The Morgan fingerprint density at radius 1 is 0.500 bits per heavy atom. The molecular formula is C32H20S2. The number of thiophene rings is 1. The molecular weight excluding hydrogens is 448 g/mol. The lowest BCUT2D eigenvalue weighted by molar-refractivity contribution is 1.29. The third kappa shape index (κ3) is 3.07. The highest BCUT2D eigenvalue weighted by atomic mass is 32.2. The average molecular weight is 469 g/mol. The molecule has 0 atom stereocenters. The molecule has 34 heavy (non-hydrogen) atoms. The van der Waals surface area contributed by atoms with Gasteiger partial charge in [-0.05, 0) is 69.3 Å². The van der Waals surface area contributed by atoms with Crippen LogP contribution in [0.15, 0.2) is 126 Å². The maximum Gasteiger partial charge on any atom is 0.0433 e. The van der Waals surface area contributed by atoms with E-state index >= 15 is 0 Å². The van der Waals surface area contributed by atoms with E-state index in [2.05, 4.69) is 116 Å². The van der Waals surface area contributed by atoms with Gasteiger partial charge < -0.3 is 0 Å². The zero-order chi connectivity index (χ0) is 22.6. The van der Waals surface area contributed by atoms with Crippen LogP contribution in [0.4, 0.5) is 0 Å². The van der Waals surface area contributed by atoms with Crippen LogP contribution >= 0.6 is 23.1 Å². The molecule has 0 unspecified atom stereocenters. The van der Waals surface area contributed by atoms with E-state index in [1.165, 1.54) is 63.3 Å². The molecule has 0 aliphatic carbocycles. The van der Waals surface area contributed by atoms with Crippen LogP contribution in [-0.2, 0) is 0 Å². The third-order valence-electron chi connectivity index (χ3n) is 6.65. The lowest BCUT2D eigenvalue weighted by Gasteiger charge is -2.22. The standard InChI is InChI=1S/C32H20S2/c1-20-24-10-2-4-14-29(24)33-31-17-16-22(19-28(20)31)21-8-6-9-23(18-21)25-12-7-13-27-26-11-3-5-15-30(26)34-32(25)27/h2-19H,1H2. The van der Waals surface area contributed by atoms with Gasteiger partial charge in [0.05, 0.1) is 0 Å². The molecule has 2 heterocycles. The molecule has 0 bridgehead atoms. The molecule has 0 amide bonds. The zero-order valence-corrected chi connectivity index (χ0v) is 20.0. The number of benzene rings is 5. The predicted octanol–water partition coefficient (Wildman–Crippen LogP) is 9.91. The minimum absolute atomic E-state index is 1.11. The molecule has 2 heteroatoms. The number of hydrogen-bond donors (Lipinski definition) is 0. The summed E-state index contributed by atoms with van der Waals surface area (Å²) in [5, 5.41) is 2.68. The Kier molecular flexibility index (Phi) is 4.51. The molecule has 160 valence electrons. The molecule has 0 nitrogen and oxygen atoms in total. The van der Waals surface area contributed by atoms with Crippen molar-refractivity contribution in [3.05, 3.63) is 127 Å². The van der Waals surface area contributed by atoms with Crippen LogP contribution in [0.3, 0.4) is 0 Å². The van der Waals surface area contributed by atoms with Crippen molar-refractivity contribution in [2.75, 3.05) is 0 Å². The van der Waals surface area contributed by atoms with Crippen molar-refractivity contribution in [1.82, 2.24) is 0 Å². The molecule has 0 radical (unpaired) electrons. The van der Waals surface area contributed by atoms with Crippen LogP contribution in [0.1, 0.15) is 11.1 Å². The van der Waals surface area contributed by atoms with Gasteiger partial charge in [-0.1, -0.05) is 97.2 Å². The summed E-state index contributed by atoms with van der Waals surface area (Å²) >= 11 is 3.72. The highest BCUT2D eigenvalue weighted by Gasteiger charge is 2.20. The average Bonchev–Trinajstić information content (AvgIpc) is 3.28. The van der Waals surface area contributed by atoms with Gasteiger partial charge in [0.25, 0.3) is 0 Å². The van der Waals surface area contributed by atoms with Gasteiger partial charge in [0.1, 0.15) is 0 Å². The summed E-state index contributed by atoms with van der Waals surface area (Å²) in [6.45, 7) is 4.44. The van der Waals surface area contributed by atoms with Gasteiger partial charge in [-0.25, -0.2) is 0 Å². The van der Waals surface area contributed by atoms with Crippen LogP contribution < -0.4 is 0 Å². The lowest BCUT2D eigenvalue weighted by Crippen LogP contribution is -1.98. The number of fused-ring (bicyclic) bond motifs is 5. The van der Waals surface area contributed by atoms with Gasteiger partial charge in [-0.3, -0.25) is 0 Å². The van der Waals surface area contributed by atoms with Gasteiger partial charge in [-0.2, -0.15) is 0 Å². The van der Waals surface area contributed by atoms with Crippen molar-refractivity contribution in [2.45, 2.75) is 9.79 Å². The number of rotatable bonds is 2. The van der Waals surface area contributed by atoms with Crippen molar-refractivity contribution in [3.63, 3.8) is 0 Å². The molecule has 0 N–H and O–H groups in total. The van der Waals surface area contributed by atoms with Gasteiger partial charge in [0.15, 0.2) is 0 Å². The molecule has 0 saturated carbocycles. The van der Waals surface area contributed by atoms with Gasteiger partial charge in [0.2, 0.25) is 0 Å². The molecule has 5 aromatic carbocycles. The van der Waals surface area contributed by atoms with E-state index < -0.39 is 0 Å². The van der Waals surface area contributed by atoms with E-state index in [1.807, 2.05) is 23.1 Å². The first-order valence-corrected chi connectivity index (χ1v) is 13.0. The maximum absolute atomic E-state index is 4.44. The van der Waals surface area contributed by atoms with Crippen LogP contribution in [0.2, 0.25) is 0 Å². The lowest BCUT2D eigenvalue weighted by atomic mass is 9.93. The summed E-state index contributed by atoms with van der Waals surface area (Å²) in [6.07, 6.45) is 0. The van der Waals surface area contributed by atoms with Crippen LogP contribution in [0, 0.1) is 0 Å². The van der Waals surface area contributed by atoms with Gasteiger partial charge in [-0.15, -0.1) is 11.3 Å². The first-order valence-electron chi connectivity index (χ1n) is 11.4. The Morgan fingerprint density at radius 3 is 2.18 bits per heavy atom. The Balaban J connectivity index is 1.34. The van der Waals surface area contributed by atoms with E-state index in [9.17, 15) is 0 Å². The summed E-state index contributed by atoms with van der Waals surface area (Å²) in [5.74, 6) is 0. The second-order valence-corrected chi connectivity index (χ2v) is 10.8. The maximum atomic E-state index is 4.44. The smallest absolute Gasteiger partial charge is 0.0433 e. The fourth-order valence-corrected chi connectivity index (χ4v) is 7.29. The fourth-order valence-electron chi connectivity index (χ4n) is 4.94. The Morgan fingerprint density at radius 2 is 1.21 bits per heavy atom. The van der Waals surface area contributed by atoms with Gasteiger partial charge in [0, 0.05) is 30.0 Å². The summed E-state index contributed by atoms with van der Waals surface area (Å²) in [7, 11) is 0. The second kappa shape index (κ2) is 7.73. The highest BCUT2D eigenvalue weighted by Crippen LogP contribution is 2.46. The van der Waals surface area contributed by atoms with Crippen LogP contribution in [-0.4, -0.2) is 0 Å². The highest BCUT2D eigenvalue weighted by molar-refractivity contribution is 7.99. The SMILES string of the molecule is C=C1c2ccccc2Sc2ccc(-c3cccc(-c4cccc5c4sc4ccccc45)c3)cc21. The summed E-state index contributed by atoms with van der Waals surface area (Å²) in [4.78, 5) is 2.56. The molecule has 1 aliphatic heterocycles.